The molecule has 68 valence electrons. The zero-order chi connectivity index (χ0) is 9.14. The van der Waals surface area contributed by atoms with E-state index in [0.717, 1.165) is 19.3 Å². The van der Waals surface area contributed by atoms with Crippen molar-refractivity contribution >= 4 is 11.6 Å². The van der Waals surface area contributed by atoms with Crippen LogP contribution >= 0.6 is 0 Å². The van der Waals surface area contributed by atoms with Crippen molar-refractivity contribution < 1.29 is 9.59 Å². The molecule has 0 aromatic heterocycles. The molecular weight excluding hydrogens is 152 g/mol. The third-order valence-corrected chi connectivity index (χ3v) is 2.68. The predicted octanol–water partition coefficient (Wildman–Crippen LogP) is 1.97. The Hall–Kier alpha value is -0.660. The van der Waals surface area contributed by atoms with Crippen LogP contribution in [0.3, 0.4) is 0 Å². The van der Waals surface area contributed by atoms with Gasteiger partial charge >= 0.3 is 0 Å². The van der Waals surface area contributed by atoms with Crippen LogP contribution in [0.5, 0.6) is 0 Å². The van der Waals surface area contributed by atoms with Crippen molar-refractivity contribution in [2.45, 2.75) is 39.5 Å². The van der Waals surface area contributed by atoms with E-state index < -0.39 is 0 Å². The van der Waals surface area contributed by atoms with Crippen LogP contribution in [0.15, 0.2) is 0 Å². The zero-order valence-electron chi connectivity index (χ0n) is 7.80. The molecule has 0 radical (unpaired) electrons. The van der Waals surface area contributed by atoms with Gasteiger partial charge < -0.3 is 4.79 Å². The largest absolute Gasteiger partial charge is 0.300 e. The molecule has 12 heavy (non-hydrogen) atoms. The summed E-state index contributed by atoms with van der Waals surface area (Å²) in [6.45, 7) is 3.57. The fourth-order valence-electron chi connectivity index (χ4n) is 1.80. The second-order valence-electron chi connectivity index (χ2n) is 3.82. The smallest absolute Gasteiger partial charge is 0.138 e. The Morgan fingerprint density at radius 2 is 2.17 bits per heavy atom. The van der Waals surface area contributed by atoms with E-state index in [1.54, 1.807) is 6.92 Å². The van der Waals surface area contributed by atoms with Gasteiger partial charge in [-0.15, -0.1) is 0 Å². The second-order valence-corrected chi connectivity index (χ2v) is 3.82. The van der Waals surface area contributed by atoms with Crippen LogP contribution < -0.4 is 0 Å². The molecule has 0 spiro atoms. The molecule has 1 saturated carbocycles. The van der Waals surface area contributed by atoms with Gasteiger partial charge in [0.2, 0.25) is 0 Å². The van der Waals surface area contributed by atoms with Gasteiger partial charge in [0.05, 0.1) is 0 Å². The lowest BCUT2D eigenvalue weighted by Gasteiger charge is -2.05. The lowest BCUT2D eigenvalue weighted by atomic mass is 9.98. The highest BCUT2D eigenvalue weighted by molar-refractivity contribution is 5.85. The van der Waals surface area contributed by atoms with E-state index >= 15 is 0 Å². The van der Waals surface area contributed by atoms with Gasteiger partial charge in [-0.05, 0) is 26.2 Å². The summed E-state index contributed by atoms with van der Waals surface area (Å²) < 4.78 is 0. The zero-order valence-corrected chi connectivity index (χ0v) is 7.80. The van der Waals surface area contributed by atoms with Crippen LogP contribution in [0.2, 0.25) is 0 Å². The monoisotopic (exact) mass is 168 g/mol. The molecule has 1 fully saturated rings. The summed E-state index contributed by atoms with van der Waals surface area (Å²) in [4.78, 5) is 22.1. The third-order valence-electron chi connectivity index (χ3n) is 2.68. The van der Waals surface area contributed by atoms with Crippen molar-refractivity contribution in [3.8, 4) is 0 Å². The van der Waals surface area contributed by atoms with Crippen molar-refractivity contribution in [1.29, 1.82) is 0 Å². The standard InChI is InChI=1S/C10H16O2/c1-7-3-5-9(10(7)12)6-4-8(2)11/h7,9H,3-6H2,1-2H3. The molecular formula is C10H16O2. The number of hydrogen-bond donors (Lipinski definition) is 0. The number of carbonyl (C=O) groups is 2. The third kappa shape index (κ3) is 2.16. The van der Waals surface area contributed by atoms with Gasteiger partial charge in [0.25, 0.3) is 0 Å². The summed E-state index contributed by atoms with van der Waals surface area (Å²) in [7, 11) is 0. The van der Waals surface area contributed by atoms with Crippen molar-refractivity contribution in [3.05, 3.63) is 0 Å². The molecule has 0 amide bonds. The van der Waals surface area contributed by atoms with Crippen LogP contribution in [-0.2, 0) is 9.59 Å². The number of hydrogen-bond acceptors (Lipinski definition) is 2. The summed E-state index contributed by atoms with van der Waals surface area (Å²) in [6.07, 6.45) is 3.36. The van der Waals surface area contributed by atoms with E-state index in [2.05, 4.69) is 0 Å². The number of rotatable bonds is 3. The van der Waals surface area contributed by atoms with E-state index in [1.807, 2.05) is 6.92 Å². The molecule has 0 aromatic rings. The van der Waals surface area contributed by atoms with E-state index in [-0.39, 0.29) is 17.6 Å². The fourth-order valence-corrected chi connectivity index (χ4v) is 1.80. The quantitative estimate of drug-likeness (QED) is 0.645. The van der Waals surface area contributed by atoms with Crippen LogP contribution in [0.4, 0.5) is 0 Å². The topological polar surface area (TPSA) is 34.1 Å². The van der Waals surface area contributed by atoms with Crippen LogP contribution in [-0.4, -0.2) is 11.6 Å². The maximum atomic E-state index is 11.4. The first kappa shape index (κ1) is 9.43. The van der Waals surface area contributed by atoms with Crippen molar-refractivity contribution in [2.24, 2.45) is 11.8 Å². The number of Topliss-reactive ketones (excluding diaryl/α,β-unsaturated/α-hetero) is 2. The van der Waals surface area contributed by atoms with Crippen LogP contribution in [0, 0.1) is 11.8 Å². The highest BCUT2D eigenvalue weighted by Gasteiger charge is 2.30. The number of ketones is 2. The normalized spacial score (nSPS) is 29.3. The summed E-state index contributed by atoms with van der Waals surface area (Å²) in [6, 6.07) is 0. The molecule has 1 rings (SSSR count). The minimum absolute atomic E-state index is 0.184. The Kier molecular flexibility index (Phi) is 3.01. The summed E-state index contributed by atoms with van der Waals surface area (Å²) in [5.74, 6) is 0.990. The molecule has 0 saturated heterocycles. The molecule has 2 unspecified atom stereocenters. The lowest BCUT2D eigenvalue weighted by Crippen LogP contribution is -2.12. The summed E-state index contributed by atoms with van der Waals surface area (Å²) in [5, 5.41) is 0. The van der Waals surface area contributed by atoms with Gasteiger partial charge in [-0.3, -0.25) is 4.79 Å². The van der Waals surface area contributed by atoms with Gasteiger partial charge in [-0.25, -0.2) is 0 Å². The van der Waals surface area contributed by atoms with E-state index in [4.69, 9.17) is 0 Å². The van der Waals surface area contributed by atoms with E-state index in [9.17, 15) is 9.59 Å². The minimum atomic E-state index is 0.184. The average molecular weight is 168 g/mol. The minimum Gasteiger partial charge on any atom is -0.300 e. The Labute approximate surface area is 73.3 Å². The molecule has 2 atom stereocenters. The molecule has 0 aromatic carbocycles. The highest BCUT2D eigenvalue weighted by Crippen LogP contribution is 2.29. The van der Waals surface area contributed by atoms with Gasteiger partial charge in [0, 0.05) is 18.3 Å². The average Bonchev–Trinajstić information content (AvgIpc) is 2.30. The van der Waals surface area contributed by atoms with Crippen molar-refractivity contribution in [3.63, 3.8) is 0 Å². The Balaban J connectivity index is 2.34. The van der Waals surface area contributed by atoms with Crippen molar-refractivity contribution in [2.75, 3.05) is 0 Å². The first-order chi connectivity index (χ1) is 5.61. The second kappa shape index (κ2) is 3.83. The van der Waals surface area contributed by atoms with Crippen molar-refractivity contribution in [1.82, 2.24) is 0 Å². The molecule has 0 aliphatic heterocycles. The number of carbonyl (C=O) groups excluding carboxylic acids is 2. The molecule has 2 heteroatoms. The first-order valence-corrected chi connectivity index (χ1v) is 4.64. The Bertz CT molecular complexity index is 196. The van der Waals surface area contributed by atoms with E-state index in [1.165, 1.54) is 0 Å². The van der Waals surface area contributed by atoms with Gasteiger partial charge in [-0.1, -0.05) is 6.92 Å². The molecule has 2 nitrogen and oxygen atoms in total. The maximum absolute atomic E-state index is 11.4. The SMILES string of the molecule is CC(=O)CCC1CCC(C)C1=O. The fraction of sp³-hybridized carbons (Fsp3) is 0.800. The Morgan fingerprint density at radius 1 is 1.50 bits per heavy atom. The first-order valence-electron chi connectivity index (χ1n) is 4.64. The van der Waals surface area contributed by atoms with Gasteiger partial charge in [0.15, 0.2) is 0 Å². The summed E-state index contributed by atoms with van der Waals surface area (Å²) in [5.41, 5.74) is 0. The van der Waals surface area contributed by atoms with Crippen LogP contribution in [0.1, 0.15) is 39.5 Å². The lowest BCUT2D eigenvalue weighted by molar-refractivity contribution is -0.124. The maximum Gasteiger partial charge on any atom is 0.138 e. The van der Waals surface area contributed by atoms with Gasteiger partial charge in [0.1, 0.15) is 11.6 Å². The molecule has 0 bridgehead atoms. The van der Waals surface area contributed by atoms with Crippen LogP contribution in [0.25, 0.3) is 0 Å². The molecule has 0 heterocycles. The van der Waals surface area contributed by atoms with E-state index in [0.29, 0.717) is 12.2 Å². The highest BCUT2D eigenvalue weighted by atomic mass is 16.1. The van der Waals surface area contributed by atoms with Gasteiger partial charge in [-0.2, -0.15) is 0 Å². The molecule has 1 aliphatic carbocycles. The molecule has 1 aliphatic rings. The Morgan fingerprint density at radius 3 is 2.58 bits per heavy atom. The predicted molar refractivity (Wildman–Crippen MR) is 46.8 cm³/mol. The molecule has 0 N–H and O–H groups in total. The summed E-state index contributed by atoms with van der Waals surface area (Å²) >= 11 is 0.